The molecule has 0 saturated carbocycles. The quantitative estimate of drug-likeness (QED) is 0.685. The highest BCUT2D eigenvalue weighted by atomic mass is 79.9. The number of aromatic carboxylic acids is 1. The van der Waals surface area contributed by atoms with Crippen LogP contribution in [0, 0.1) is 0 Å². The summed E-state index contributed by atoms with van der Waals surface area (Å²) in [6.07, 6.45) is 3.13. The van der Waals surface area contributed by atoms with Crippen LogP contribution in [-0.4, -0.2) is 27.1 Å². The normalized spacial score (nSPS) is 10.1. The van der Waals surface area contributed by atoms with Gasteiger partial charge in [-0.25, -0.2) is 14.6 Å². The summed E-state index contributed by atoms with van der Waals surface area (Å²) in [4.78, 5) is 29.2. The van der Waals surface area contributed by atoms with Crippen molar-refractivity contribution in [2.75, 3.05) is 5.32 Å². The molecule has 20 heavy (non-hydrogen) atoms. The van der Waals surface area contributed by atoms with Gasteiger partial charge in [-0.15, -0.1) is 0 Å². The first-order chi connectivity index (χ1) is 9.56. The molecule has 1 aromatic heterocycles. The van der Waals surface area contributed by atoms with Gasteiger partial charge in [-0.05, 0) is 34.1 Å². The van der Waals surface area contributed by atoms with Crippen molar-refractivity contribution in [3.05, 3.63) is 46.5 Å². The minimum absolute atomic E-state index is 0.139. The molecule has 2 aromatic rings. The molecule has 2 amide bonds. The molecule has 4 N–H and O–H groups in total. The number of amides is 2. The molecule has 0 aliphatic carbocycles. The van der Waals surface area contributed by atoms with Crippen LogP contribution in [0.5, 0.6) is 0 Å². The van der Waals surface area contributed by atoms with Crippen molar-refractivity contribution in [2.24, 2.45) is 0 Å². The van der Waals surface area contributed by atoms with Crippen molar-refractivity contribution in [3.63, 3.8) is 0 Å². The number of hydrogen-bond donors (Lipinski definition) is 4. The number of H-pyrrole nitrogens is 1. The van der Waals surface area contributed by atoms with Crippen molar-refractivity contribution in [1.29, 1.82) is 0 Å². The Bertz CT molecular complexity index is 628. The Balaban J connectivity index is 1.95. The smallest absolute Gasteiger partial charge is 0.335 e. The van der Waals surface area contributed by atoms with E-state index in [-0.39, 0.29) is 5.56 Å². The van der Waals surface area contributed by atoms with E-state index in [0.29, 0.717) is 16.7 Å². The second kappa shape index (κ2) is 6.20. The average Bonchev–Trinajstić information content (AvgIpc) is 2.91. The van der Waals surface area contributed by atoms with E-state index in [4.69, 9.17) is 5.11 Å². The van der Waals surface area contributed by atoms with Crippen LogP contribution in [0.25, 0.3) is 0 Å². The van der Waals surface area contributed by atoms with Gasteiger partial charge >= 0.3 is 12.0 Å². The predicted octanol–water partition coefficient (Wildman–Crippen LogP) is 2.19. The van der Waals surface area contributed by atoms with Gasteiger partial charge in [-0.2, -0.15) is 0 Å². The van der Waals surface area contributed by atoms with Crippen LogP contribution in [0.4, 0.5) is 10.5 Å². The predicted molar refractivity (Wildman–Crippen MR) is 75.5 cm³/mol. The molecule has 0 aliphatic rings. The first kappa shape index (κ1) is 14.1. The van der Waals surface area contributed by atoms with E-state index in [1.807, 2.05) is 0 Å². The molecule has 0 atom stereocenters. The number of benzene rings is 1. The number of carboxylic acids is 1. The highest BCUT2D eigenvalue weighted by molar-refractivity contribution is 9.10. The van der Waals surface area contributed by atoms with Crippen LogP contribution in [0.15, 0.2) is 35.2 Å². The number of rotatable bonds is 4. The van der Waals surface area contributed by atoms with Gasteiger partial charge in [0.1, 0.15) is 0 Å². The molecule has 0 radical (unpaired) electrons. The fourth-order valence-electron chi connectivity index (χ4n) is 1.47. The van der Waals surface area contributed by atoms with Crippen LogP contribution in [0.3, 0.4) is 0 Å². The molecular weight excluding hydrogens is 328 g/mol. The maximum absolute atomic E-state index is 11.7. The van der Waals surface area contributed by atoms with Gasteiger partial charge in [-0.1, -0.05) is 0 Å². The van der Waals surface area contributed by atoms with Gasteiger partial charge in [0.25, 0.3) is 0 Å². The second-order valence-corrected chi connectivity index (χ2v) is 4.74. The Morgan fingerprint density at radius 2 is 2.20 bits per heavy atom. The number of carbonyl (C=O) groups excluding carboxylic acids is 1. The van der Waals surface area contributed by atoms with Crippen LogP contribution < -0.4 is 10.6 Å². The number of carboxylic acid groups (broad SMARTS) is 1. The minimum atomic E-state index is -1.03. The third-order valence-corrected chi connectivity index (χ3v) is 3.11. The van der Waals surface area contributed by atoms with Crippen LogP contribution in [0.2, 0.25) is 0 Å². The van der Waals surface area contributed by atoms with Crippen molar-refractivity contribution >= 4 is 33.6 Å². The van der Waals surface area contributed by atoms with E-state index in [1.54, 1.807) is 6.20 Å². The van der Waals surface area contributed by atoms with Gasteiger partial charge < -0.3 is 20.7 Å². The lowest BCUT2D eigenvalue weighted by molar-refractivity contribution is 0.0697. The number of aromatic nitrogens is 2. The molecular formula is C12H11BrN4O3. The zero-order valence-electron chi connectivity index (χ0n) is 10.2. The summed E-state index contributed by atoms with van der Waals surface area (Å²) in [6, 6.07) is 3.96. The van der Waals surface area contributed by atoms with E-state index >= 15 is 0 Å². The number of hydrogen-bond acceptors (Lipinski definition) is 3. The molecule has 8 heteroatoms. The van der Waals surface area contributed by atoms with E-state index < -0.39 is 12.0 Å². The molecule has 7 nitrogen and oxygen atoms in total. The molecule has 0 spiro atoms. The molecule has 1 heterocycles. The van der Waals surface area contributed by atoms with Crippen LogP contribution in [0.1, 0.15) is 16.1 Å². The highest BCUT2D eigenvalue weighted by Crippen LogP contribution is 2.23. The molecule has 0 aliphatic heterocycles. The zero-order chi connectivity index (χ0) is 14.5. The summed E-state index contributed by atoms with van der Waals surface area (Å²) in [6.45, 7) is 0.316. The molecule has 0 saturated heterocycles. The van der Waals surface area contributed by atoms with E-state index in [2.05, 4.69) is 36.5 Å². The summed E-state index contributed by atoms with van der Waals surface area (Å²) in [5.41, 5.74) is 1.40. The van der Waals surface area contributed by atoms with Crippen molar-refractivity contribution in [2.45, 2.75) is 6.54 Å². The number of anilines is 1. The number of nitrogens with one attached hydrogen (secondary N) is 3. The van der Waals surface area contributed by atoms with E-state index in [9.17, 15) is 9.59 Å². The third-order valence-electron chi connectivity index (χ3n) is 2.46. The highest BCUT2D eigenvalue weighted by Gasteiger charge is 2.09. The summed E-state index contributed by atoms with van der Waals surface area (Å²) in [5, 5.41) is 14.1. The van der Waals surface area contributed by atoms with Gasteiger partial charge in [-0.3, -0.25) is 0 Å². The van der Waals surface area contributed by atoms with Gasteiger partial charge in [0.2, 0.25) is 0 Å². The van der Waals surface area contributed by atoms with Gasteiger partial charge in [0.15, 0.2) is 0 Å². The molecule has 0 unspecified atom stereocenters. The van der Waals surface area contributed by atoms with Crippen molar-refractivity contribution in [3.8, 4) is 0 Å². The molecule has 104 valence electrons. The van der Waals surface area contributed by atoms with Gasteiger partial charge in [0.05, 0.1) is 29.8 Å². The maximum Gasteiger partial charge on any atom is 0.335 e. The number of carbonyl (C=O) groups is 2. The number of halogens is 1. The SMILES string of the molecule is O=C(NCc1cnc[nH]1)Nc1ccc(C(=O)O)cc1Br. The molecule has 0 bridgehead atoms. The lowest BCUT2D eigenvalue weighted by Gasteiger charge is -2.09. The maximum atomic E-state index is 11.7. The third kappa shape index (κ3) is 3.58. The fourth-order valence-corrected chi connectivity index (χ4v) is 1.95. The standard InChI is InChI=1S/C12H11BrN4O3/c13-9-3-7(11(18)19)1-2-10(9)17-12(20)15-5-8-4-14-6-16-8/h1-4,6H,5H2,(H,14,16)(H,18,19)(H2,15,17,20). The first-order valence-corrected chi connectivity index (χ1v) is 6.40. The molecule has 1 aromatic carbocycles. The lowest BCUT2D eigenvalue weighted by atomic mass is 10.2. The summed E-state index contributed by atoms with van der Waals surface area (Å²) < 4.78 is 0.495. The Kier molecular flexibility index (Phi) is 4.36. The van der Waals surface area contributed by atoms with E-state index in [1.165, 1.54) is 24.5 Å². The van der Waals surface area contributed by atoms with Crippen molar-refractivity contribution < 1.29 is 14.7 Å². The Hall–Kier alpha value is -2.35. The fraction of sp³-hybridized carbons (Fsp3) is 0.0833. The Morgan fingerprint density at radius 3 is 2.80 bits per heavy atom. The second-order valence-electron chi connectivity index (χ2n) is 3.88. The minimum Gasteiger partial charge on any atom is -0.478 e. The zero-order valence-corrected chi connectivity index (χ0v) is 11.8. The number of nitrogens with zero attached hydrogens (tertiary/aromatic N) is 1. The summed E-state index contributed by atoms with van der Waals surface area (Å²) in [7, 11) is 0. The number of imidazole rings is 1. The first-order valence-electron chi connectivity index (χ1n) is 5.61. The van der Waals surface area contributed by atoms with Gasteiger partial charge in [0, 0.05) is 10.7 Å². The largest absolute Gasteiger partial charge is 0.478 e. The Morgan fingerprint density at radius 1 is 1.40 bits per heavy atom. The molecule has 0 fully saturated rings. The van der Waals surface area contributed by atoms with Crippen molar-refractivity contribution in [1.82, 2.24) is 15.3 Å². The number of urea groups is 1. The van der Waals surface area contributed by atoms with Crippen LogP contribution in [-0.2, 0) is 6.54 Å². The monoisotopic (exact) mass is 338 g/mol. The topological polar surface area (TPSA) is 107 Å². The van der Waals surface area contributed by atoms with Crippen LogP contribution >= 0.6 is 15.9 Å². The lowest BCUT2D eigenvalue weighted by Crippen LogP contribution is -2.28. The molecule has 2 rings (SSSR count). The summed E-state index contributed by atoms with van der Waals surface area (Å²) >= 11 is 3.21. The Labute approximate surface area is 122 Å². The summed E-state index contributed by atoms with van der Waals surface area (Å²) in [5.74, 6) is -1.03. The number of aromatic amines is 1. The average molecular weight is 339 g/mol. The van der Waals surface area contributed by atoms with E-state index in [0.717, 1.165) is 5.69 Å².